The molecule has 0 saturated heterocycles. The van der Waals surface area contributed by atoms with E-state index in [1.807, 2.05) is 78.9 Å². The van der Waals surface area contributed by atoms with Crippen molar-refractivity contribution in [2.75, 3.05) is 0 Å². The molecule has 0 aliphatic carbocycles. The summed E-state index contributed by atoms with van der Waals surface area (Å²) in [7, 11) is 0. The first-order chi connectivity index (χ1) is 15.3. The standard InChI is InChI=1S/C25H17N3O3/c29-25-22-21-17(10-6-12-19(21)30-14-15-7-2-1-3-8-15)26-24(22)23(27-28-25)20-13-16-9-4-5-11-18(16)31-20/h1-13,26H,14H2,(H,28,29). The number of hydrogen-bond acceptors (Lipinski definition) is 4. The number of aromatic nitrogens is 3. The van der Waals surface area contributed by atoms with Crippen molar-refractivity contribution < 1.29 is 9.15 Å². The predicted octanol–water partition coefficient (Wildman–Crippen LogP) is 5.40. The van der Waals surface area contributed by atoms with Gasteiger partial charge in [0.2, 0.25) is 0 Å². The highest BCUT2D eigenvalue weighted by molar-refractivity contribution is 6.13. The van der Waals surface area contributed by atoms with Gasteiger partial charge in [-0.2, -0.15) is 5.10 Å². The molecule has 3 aromatic heterocycles. The molecule has 0 aliphatic heterocycles. The molecule has 0 fully saturated rings. The molecular weight excluding hydrogens is 390 g/mol. The van der Waals surface area contributed by atoms with Gasteiger partial charge in [0.05, 0.1) is 21.8 Å². The number of furan rings is 1. The quantitative estimate of drug-likeness (QED) is 0.410. The molecule has 31 heavy (non-hydrogen) atoms. The maximum Gasteiger partial charge on any atom is 0.274 e. The SMILES string of the molecule is O=c1[nH]nc(-c2cc3ccccc3o2)c2[nH]c3cccc(OCc4ccccc4)c3c12. The first-order valence-electron chi connectivity index (χ1n) is 9.97. The van der Waals surface area contributed by atoms with Crippen LogP contribution in [-0.4, -0.2) is 15.2 Å². The highest BCUT2D eigenvalue weighted by Gasteiger charge is 2.19. The van der Waals surface area contributed by atoms with Crippen LogP contribution in [0.5, 0.6) is 5.75 Å². The van der Waals surface area contributed by atoms with Gasteiger partial charge in [-0.25, -0.2) is 5.10 Å². The van der Waals surface area contributed by atoms with Crippen molar-refractivity contribution in [3.8, 4) is 17.2 Å². The highest BCUT2D eigenvalue weighted by Crippen LogP contribution is 2.36. The van der Waals surface area contributed by atoms with E-state index < -0.39 is 0 Å². The topological polar surface area (TPSA) is 83.9 Å². The second-order valence-corrected chi connectivity index (χ2v) is 7.38. The van der Waals surface area contributed by atoms with Crippen LogP contribution < -0.4 is 10.3 Å². The zero-order chi connectivity index (χ0) is 20.8. The Kier molecular flexibility index (Phi) is 3.89. The number of rotatable bonds is 4. The molecule has 6 nitrogen and oxygen atoms in total. The van der Waals surface area contributed by atoms with E-state index in [1.54, 1.807) is 0 Å². The number of ether oxygens (including phenoxy) is 1. The highest BCUT2D eigenvalue weighted by atomic mass is 16.5. The number of fused-ring (bicyclic) bond motifs is 4. The van der Waals surface area contributed by atoms with E-state index in [0.717, 1.165) is 27.4 Å². The molecule has 6 rings (SSSR count). The van der Waals surface area contributed by atoms with Gasteiger partial charge in [0.25, 0.3) is 5.56 Å². The van der Waals surface area contributed by atoms with E-state index in [-0.39, 0.29) is 5.56 Å². The summed E-state index contributed by atoms with van der Waals surface area (Å²) in [4.78, 5) is 16.2. The molecule has 6 aromatic rings. The van der Waals surface area contributed by atoms with Crippen molar-refractivity contribution in [2.45, 2.75) is 6.61 Å². The summed E-state index contributed by atoms with van der Waals surface area (Å²) in [5.41, 5.74) is 3.51. The van der Waals surface area contributed by atoms with Crippen LogP contribution in [0.15, 0.2) is 88.1 Å². The lowest BCUT2D eigenvalue weighted by molar-refractivity contribution is 0.310. The average Bonchev–Trinajstić information content (AvgIpc) is 3.41. The van der Waals surface area contributed by atoms with Gasteiger partial charge in [0.15, 0.2) is 11.5 Å². The molecule has 0 aliphatic rings. The minimum absolute atomic E-state index is 0.281. The van der Waals surface area contributed by atoms with Crippen molar-refractivity contribution in [3.05, 3.63) is 94.8 Å². The Morgan fingerprint density at radius 2 is 1.74 bits per heavy atom. The number of nitrogens with zero attached hydrogens (tertiary/aromatic N) is 1. The molecule has 0 amide bonds. The molecule has 3 aromatic carbocycles. The van der Waals surface area contributed by atoms with E-state index in [0.29, 0.717) is 34.7 Å². The molecule has 0 spiro atoms. The third kappa shape index (κ3) is 2.88. The first-order valence-corrected chi connectivity index (χ1v) is 9.97. The Morgan fingerprint density at radius 1 is 0.903 bits per heavy atom. The molecule has 0 saturated carbocycles. The molecule has 150 valence electrons. The third-order valence-corrected chi connectivity index (χ3v) is 5.42. The van der Waals surface area contributed by atoms with Crippen molar-refractivity contribution in [3.63, 3.8) is 0 Å². The smallest absolute Gasteiger partial charge is 0.274 e. The van der Waals surface area contributed by atoms with Crippen LogP contribution in [0, 0.1) is 0 Å². The zero-order valence-electron chi connectivity index (χ0n) is 16.4. The van der Waals surface area contributed by atoms with Gasteiger partial charge in [0, 0.05) is 5.39 Å². The molecule has 0 unspecified atom stereocenters. The van der Waals surface area contributed by atoms with Crippen LogP contribution in [0.2, 0.25) is 0 Å². The second-order valence-electron chi connectivity index (χ2n) is 7.38. The van der Waals surface area contributed by atoms with Crippen molar-refractivity contribution in [2.24, 2.45) is 0 Å². The second kappa shape index (κ2) is 6.88. The number of H-pyrrole nitrogens is 2. The Labute approximate surface area is 176 Å². The number of nitrogens with one attached hydrogen (secondary N) is 2. The van der Waals surface area contributed by atoms with Crippen LogP contribution in [0.1, 0.15) is 5.56 Å². The maximum absolute atomic E-state index is 12.8. The molecule has 3 heterocycles. The van der Waals surface area contributed by atoms with Gasteiger partial charge in [-0.05, 0) is 29.8 Å². The molecule has 0 radical (unpaired) electrons. The molecule has 0 bridgehead atoms. The third-order valence-electron chi connectivity index (χ3n) is 5.42. The summed E-state index contributed by atoms with van der Waals surface area (Å²) in [6, 6.07) is 25.3. The molecule has 2 N–H and O–H groups in total. The number of hydrogen-bond donors (Lipinski definition) is 2. The summed E-state index contributed by atoms with van der Waals surface area (Å²) in [5.74, 6) is 1.22. The Balaban J connectivity index is 1.54. The lowest BCUT2D eigenvalue weighted by Crippen LogP contribution is -2.09. The van der Waals surface area contributed by atoms with Crippen LogP contribution in [0.3, 0.4) is 0 Å². The summed E-state index contributed by atoms with van der Waals surface area (Å²) in [5, 5.41) is 9.12. The van der Waals surface area contributed by atoms with Gasteiger partial charge in [0.1, 0.15) is 17.9 Å². The normalized spacial score (nSPS) is 11.5. The minimum atomic E-state index is -0.281. The predicted molar refractivity (Wildman–Crippen MR) is 120 cm³/mol. The van der Waals surface area contributed by atoms with Crippen molar-refractivity contribution in [1.82, 2.24) is 15.2 Å². The minimum Gasteiger partial charge on any atom is -0.488 e. The van der Waals surface area contributed by atoms with Crippen LogP contribution >= 0.6 is 0 Å². The fraction of sp³-hybridized carbons (Fsp3) is 0.0400. The number of aromatic amines is 2. The summed E-state index contributed by atoms with van der Waals surface area (Å²) >= 11 is 0. The Bertz CT molecular complexity index is 1580. The van der Waals surface area contributed by atoms with Crippen LogP contribution in [0.25, 0.3) is 44.2 Å². The molecular formula is C25H17N3O3. The van der Waals surface area contributed by atoms with Crippen LogP contribution in [0.4, 0.5) is 0 Å². The summed E-state index contributed by atoms with van der Waals surface area (Å²) in [6.07, 6.45) is 0. The van der Waals surface area contributed by atoms with Crippen molar-refractivity contribution >= 4 is 32.8 Å². The van der Waals surface area contributed by atoms with Gasteiger partial charge in [-0.15, -0.1) is 0 Å². The van der Waals surface area contributed by atoms with Crippen LogP contribution in [-0.2, 0) is 6.61 Å². The lowest BCUT2D eigenvalue weighted by atomic mass is 10.1. The van der Waals surface area contributed by atoms with Gasteiger partial charge in [-0.1, -0.05) is 54.6 Å². The fourth-order valence-corrected chi connectivity index (χ4v) is 3.97. The van der Waals surface area contributed by atoms with Gasteiger partial charge >= 0.3 is 0 Å². The maximum atomic E-state index is 12.8. The monoisotopic (exact) mass is 407 g/mol. The summed E-state index contributed by atoms with van der Waals surface area (Å²) in [6.45, 7) is 0.409. The van der Waals surface area contributed by atoms with Crippen molar-refractivity contribution in [1.29, 1.82) is 0 Å². The van der Waals surface area contributed by atoms with E-state index in [1.165, 1.54) is 0 Å². The summed E-state index contributed by atoms with van der Waals surface area (Å²) < 4.78 is 12.1. The molecule has 0 atom stereocenters. The number of benzene rings is 3. The van der Waals surface area contributed by atoms with E-state index in [2.05, 4.69) is 15.2 Å². The number of para-hydroxylation sites is 1. The fourth-order valence-electron chi connectivity index (χ4n) is 3.97. The molecule has 6 heteroatoms. The van der Waals surface area contributed by atoms with E-state index >= 15 is 0 Å². The average molecular weight is 407 g/mol. The largest absolute Gasteiger partial charge is 0.488 e. The Hall–Kier alpha value is -4.32. The first kappa shape index (κ1) is 17.5. The van der Waals surface area contributed by atoms with Gasteiger partial charge < -0.3 is 14.1 Å². The van der Waals surface area contributed by atoms with E-state index in [4.69, 9.17) is 9.15 Å². The van der Waals surface area contributed by atoms with Gasteiger partial charge in [-0.3, -0.25) is 4.79 Å². The lowest BCUT2D eigenvalue weighted by Gasteiger charge is -2.07. The zero-order valence-corrected chi connectivity index (χ0v) is 16.4. The Morgan fingerprint density at radius 3 is 2.61 bits per heavy atom. The van der Waals surface area contributed by atoms with E-state index in [9.17, 15) is 4.79 Å².